The van der Waals surface area contributed by atoms with Gasteiger partial charge in [0.1, 0.15) is 5.82 Å². The summed E-state index contributed by atoms with van der Waals surface area (Å²) in [6, 6.07) is 4.19. The van der Waals surface area contributed by atoms with Crippen molar-refractivity contribution in [1.82, 2.24) is 4.31 Å². The van der Waals surface area contributed by atoms with Crippen molar-refractivity contribution >= 4 is 21.6 Å². The standard InChI is InChI=1S/C14H19FN2O3S/c1-10-5-6-12(15)8-13(10)16-14(18)11-4-3-7-17(9-11)21(2,19)20/h5-6,8,11H,3-4,7,9H2,1-2H3,(H,16,18)/t11-/m1/s1. The van der Waals surface area contributed by atoms with Crippen molar-refractivity contribution in [2.24, 2.45) is 5.92 Å². The molecule has 21 heavy (non-hydrogen) atoms. The Labute approximate surface area is 124 Å². The number of rotatable bonds is 3. The SMILES string of the molecule is Cc1ccc(F)cc1NC(=O)[C@@H]1CCCN(S(C)(=O)=O)C1. The lowest BCUT2D eigenvalue weighted by atomic mass is 9.98. The van der Waals surface area contributed by atoms with E-state index in [1.54, 1.807) is 13.0 Å². The first-order chi connectivity index (χ1) is 9.77. The van der Waals surface area contributed by atoms with Crippen LogP contribution in [-0.2, 0) is 14.8 Å². The number of aryl methyl sites for hydroxylation is 1. The van der Waals surface area contributed by atoms with Gasteiger partial charge in [0.15, 0.2) is 0 Å². The second-order valence-electron chi connectivity index (χ2n) is 5.41. The molecule has 1 heterocycles. The van der Waals surface area contributed by atoms with Crippen LogP contribution < -0.4 is 5.32 Å². The molecule has 5 nitrogen and oxygen atoms in total. The van der Waals surface area contributed by atoms with Crippen molar-refractivity contribution < 1.29 is 17.6 Å². The summed E-state index contributed by atoms with van der Waals surface area (Å²) in [5.74, 6) is -1.09. The van der Waals surface area contributed by atoms with Crippen molar-refractivity contribution in [3.8, 4) is 0 Å². The average Bonchev–Trinajstić information content (AvgIpc) is 2.42. The molecule has 0 aliphatic carbocycles. The summed E-state index contributed by atoms with van der Waals surface area (Å²) >= 11 is 0. The molecule has 1 saturated heterocycles. The van der Waals surface area contributed by atoms with E-state index in [0.29, 0.717) is 25.1 Å². The maximum Gasteiger partial charge on any atom is 0.228 e. The molecule has 1 amide bonds. The van der Waals surface area contributed by atoms with E-state index in [1.807, 2.05) is 0 Å². The number of sulfonamides is 1. The van der Waals surface area contributed by atoms with Gasteiger partial charge < -0.3 is 5.32 Å². The largest absolute Gasteiger partial charge is 0.325 e. The number of nitrogens with one attached hydrogen (secondary N) is 1. The molecule has 1 aromatic rings. The number of amides is 1. The van der Waals surface area contributed by atoms with Gasteiger partial charge >= 0.3 is 0 Å². The second-order valence-corrected chi connectivity index (χ2v) is 7.39. The van der Waals surface area contributed by atoms with Crippen LogP contribution in [0.5, 0.6) is 0 Å². The highest BCUT2D eigenvalue weighted by molar-refractivity contribution is 7.88. The summed E-state index contributed by atoms with van der Waals surface area (Å²) in [4.78, 5) is 12.2. The molecule has 0 radical (unpaired) electrons. The molecule has 0 unspecified atom stereocenters. The van der Waals surface area contributed by atoms with Crippen LogP contribution in [0.2, 0.25) is 0 Å². The molecule has 1 N–H and O–H groups in total. The van der Waals surface area contributed by atoms with E-state index >= 15 is 0 Å². The predicted molar refractivity (Wildman–Crippen MR) is 78.9 cm³/mol. The molecule has 1 aliphatic rings. The van der Waals surface area contributed by atoms with Crippen molar-refractivity contribution in [3.05, 3.63) is 29.6 Å². The van der Waals surface area contributed by atoms with Gasteiger partial charge in [-0.1, -0.05) is 6.07 Å². The van der Waals surface area contributed by atoms with Gasteiger partial charge in [-0.15, -0.1) is 0 Å². The van der Waals surface area contributed by atoms with Crippen molar-refractivity contribution in [3.63, 3.8) is 0 Å². The molecule has 0 bridgehead atoms. The number of nitrogens with zero attached hydrogens (tertiary/aromatic N) is 1. The summed E-state index contributed by atoms with van der Waals surface area (Å²) in [7, 11) is -3.29. The van der Waals surface area contributed by atoms with E-state index in [2.05, 4.69) is 5.32 Å². The minimum absolute atomic E-state index is 0.180. The number of hydrogen-bond donors (Lipinski definition) is 1. The zero-order chi connectivity index (χ0) is 15.6. The summed E-state index contributed by atoms with van der Waals surface area (Å²) < 4.78 is 37.7. The van der Waals surface area contributed by atoms with Gasteiger partial charge in [0.05, 0.1) is 12.2 Å². The van der Waals surface area contributed by atoms with Crippen molar-refractivity contribution in [2.75, 3.05) is 24.7 Å². The van der Waals surface area contributed by atoms with Crippen LogP contribution >= 0.6 is 0 Å². The Kier molecular flexibility index (Phi) is 4.63. The lowest BCUT2D eigenvalue weighted by Crippen LogP contribution is -2.43. The third-order valence-electron chi connectivity index (χ3n) is 3.68. The fourth-order valence-electron chi connectivity index (χ4n) is 2.42. The minimum Gasteiger partial charge on any atom is -0.325 e. The number of piperidine rings is 1. The number of carbonyl (C=O) groups is 1. The van der Waals surface area contributed by atoms with Gasteiger partial charge in [-0.05, 0) is 37.5 Å². The average molecular weight is 314 g/mol. The fraction of sp³-hybridized carbons (Fsp3) is 0.500. The zero-order valence-corrected chi connectivity index (χ0v) is 12.9. The quantitative estimate of drug-likeness (QED) is 0.924. The van der Waals surface area contributed by atoms with E-state index in [4.69, 9.17) is 0 Å². The third kappa shape index (κ3) is 4.01. The molecule has 0 spiro atoms. The molecule has 2 rings (SSSR count). The fourth-order valence-corrected chi connectivity index (χ4v) is 3.33. The first kappa shape index (κ1) is 15.9. The van der Waals surface area contributed by atoms with Gasteiger partial charge in [-0.25, -0.2) is 17.1 Å². The van der Waals surface area contributed by atoms with Gasteiger partial charge in [0.2, 0.25) is 15.9 Å². The Morgan fingerprint density at radius 2 is 2.14 bits per heavy atom. The smallest absolute Gasteiger partial charge is 0.228 e. The van der Waals surface area contributed by atoms with E-state index < -0.39 is 21.8 Å². The summed E-state index contributed by atoms with van der Waals surface area (Å²) in [5.41, 5.74) is 1.19. The molecule has 1 aromatic carbocycles. The van der Waals surface area contributed by atoms with E-state index in [1.165, 1.54) is 16.4 Å². The Morgan fingerprint density at radius 1 is 1.43 bits per heavy atom. The molecule has 1 atom stereocenters. The van der Waals surface area contributed by atoms with E-state index in [9.17, 15) is 17.6 Å². The molecule has 0 saturated carbocycles. The highest BCUT2D eigenvalue weighted by atomic mass is 32.2. The van der Waals surface area contributed by atoms with Crippen LogP contribution in [-0.4, -0.2) is 38.0 Å². The number of benzene rings is 1. The highest BCUT2D eigenvalue weighted by Gasteiger charge is 2.30. The van der Waals surface area contributed by atoms with Crippen LogP contribution in [0, 0.1) is 18.7 Å². The first-order valence-electron chi connectivity index (χ1n) is 6.79. The maximum absolute atomic E-state index is 13.2. The Bertz CT molecular complexity index is 646. The molecular weight excluding hydrogens is 295 g/mol. The predicted octanol–water partition coefficient (Wildman–Crippen LogP) is 1.74. The van der Waals surface area contributed by atoms with Crippen LogP contribution in [0.15, 0.2) is 18.2 Å². The molecular formula is C14H19FN2O3S. The van der Waals surface area contributed by atoms with E-state index in [-0.39, 0.29) is 12.5 Å². The van der Waals surface area contributed by atoms with Crippen LogP contribution in [0.4, 0.5) is 10.1 Å². The molecule has 7 heteroatoms. The monoisotopic (exact) mass is 314 g/mol. The molecule has 0 aromatic heterocycles. The number of halogens is 1. The number of anilines is 1. The van der Waals surface area contributed by atoms with Crippen molar-refractivity contribution in [1.29, 1.82) is 0 Å². The molecule has 1 fully saturated rings. The van der Waals surface area contributed by atoms with Crippen LogP contribution in [0.3, 0.4) is 0 Å². The summed E-state index contributed by atoms with van der Waals surface area (Å²) in [5, 5.41) is 2.69. The number of carbonyl (C=O) groups excluding carboxylic acids is 1. The third-order valence-corrected chi connectivity index (χ3v) is 4.95. The lowest BCUT2D eigenvalue weighted by Gasteiger charge is -2.30. The zero-order valence-electron chi connectivity index (χ0n) is 12.1. The second kappa shape index (κ2) is 6.11. The molecule has 116 valence electrons. The first-order valence-corrected chi connectivity index (χ1v) is 8.64. The number of hydrogen-bond acceptors (Lipinski definition) is 3. The maximum atomic E-state index is 13.2. The van der Waals surface area contributed by atoms with E-state index in [0.717, 1.165) is 11.8 Å². The Morgan fingerprint density at radius 3 is 2.81 bits per heavy atom. The highest BCUT2D eigenvalue weighted by Crippen LogP contribution is 2.22. The topological polar surface area (TPSA) is 66.5 Å². The summed E-state index contributed by atoms with van der Waals surface area (Å²) in [6.07, 6.45) is 2.42. The van der Waals surface area contributed by atoms with Crippen LogP contribution in [0.1, 0.15) is 18.4 Å². The summed E-state index contributed by atoms with van der Waals surface area (Å²) in [6.45, 7) is 2.40. The normalized spacial score (nSPS) is 20.2. The molecule has 1 aliphatic heterocycles. The Hall–Kier alpha value is -1.47. The van der Waals surface area contributed by atoms with Gasteiger partial charge in [-0.3, -0.25) is 4.79 Å². The van der Waals surface area contributed by atoms with Gasteiger partial charge in [-0.2, -0.15) is 0 Å². The van der Waals surface area contributed by atoms with Crippen LogP contribution in [0.25, 0.3) is 0 Å². The van der Waals surface area contributed by atoms with Gasteiger partial charge in [0, 0.05) is 18.8 Å². The lowest BCUT2D eigenvalue weighted by molar-refractivity contribution is -0.120. The Balaban J connectivity index is 2.08. The van der Waals surface area contributed by atoms with Gasteiger partial charge in [0.25, 0.3) is 0 Å². The minimum atomic E-state index is -3.29. The van der Waals surface area contributed by atoms with Crippen molar-refractivity contribution in [2.45, 2.75) is 19.8 Å².